The Bertz CT molecular complexity index is 610. The third kappa shape index (κ3) is 3.18. The molecule has 0 N–H and O–H groups in total. The van der Waals surface area contributed by atoms with E-state index in [1.165, 1.54) is 70.6 Å². The lowest BCUT2D eigenvalue weighted by Crippen LogP contribution is -2.46. The van der Waals surface area contributed by atoms with Crippen molar-refractivity contribution in [1.29, 1.82) is 0 Å². The van der Waals surface area contributed by atoms with Gasteiger partial charge in [0.25, 0.3) is 0 Å². The lowest BCUT2D eigenvalue weighted by Gasteiger charge is -2.55. The van der Waals surface area contributed by atoms with E-state index in [4.69, 9.17) is 0 Å². The van der Waals surface area contributed by atoms with Gasteiger partial charge in [-0.3, -0.25) is 0 Å². The standard InChI is InChI=1S/C27H44/c1-6-7-8-9-20(3)23-12-13-24-22-11-10-21-18-19(2)14-16-26(21,4)25(22)15-17-27(23,24)5/h10-11,19-20,23-25H,6-9,12-18H2,1-5H3/t19?,20-,23?,24?,25?,26+,27-/m1/s1. The summed E-state index contributed by atoms with van der Waals surface area (Å²) in [6.45, 7) is 12.7. The van der Waals surface area contributed by atoms with E-state index in [0.29, 0.717) is 10.8 Å². The van der Waals surface area contributed by atoms with Crippen LogP contribution in [-0.4, -0.2) is 0 Å². The van der Waals surface area contributed by atoms with E-state index in [1.54, 1.807) is 5.57 Å². The number of rotatable bonds is 5. The molecule has 7 atom stereocenters. The van der Waals surface area contributed by atoms with Gasteiger partial charge in [-0.1, -0.05) is 83.6 Å². The van der Waals surface area contributed by atoms with E-state index >= 15 is 0 Å². The van der Waals surface area contributed by atoms with E-state index in [0.717, 1.165) is 29.6 Å². The van der Waals surface area contributed by atoms with Crippen molar-refractivity contribution in [2.24, 2.45) is 40.4 Å². The van der Waals surface area contributed by atoms with Gasteiger partial charge in [0, 0.05) is 0 Å². The maximum atomic E-state index is 2.69. The van der Waals surface area contributed by atoms with Crippen molar-refractivity contribution in [3.8, 4) is 0 Å². The molecular weight excluding hydrogens is 324 g/mol. The predicted molar refractivity (Wildman–Crippen MR) is 118 cm³/mol. The first kappa shape index (κ1) is 19.8. The Hall–Kier alpha value is -0.520. The van der Waals surface area contributed by atoms with Gasteiger partial charge in [-0.15, -0.1) is 0 Å². The summed E-state index contributed by atoms with van der Waals surface area (Å²) < 4.78 is 0. The minimum atomic E-state index is 0.489. The first-order valence-corrected chi connectivity index (χ1v) is 12.3. The molecule has 0 bridgehead atoms. The Kier molecular flexibility index (Phi) is 5.41. The van der Waals surface area contributed by atoms with Crippen LogP contribution < -0.4 is 0 Å². The van der Waals surface area contributed by atoms with Crippen LogP contribution in [0.25, 0.3) is 0 Å². The lowest BCUT2D eigenvalue weighted by atomic mass is 9.49. The summed E-state index contributed by atoms with van der Waals surface area (Å²) in [6.07, 6.45) is 21.0. The molecule has 27 heavy (non-hydrogen) atoms. The summed E-state index contributed by atoms with van der Waals surface area (Å²) in [5.74, 6) is 4.52. The lowest BCUT2D eigenvalue weighted by molar-refractivity contribution is 0.0449. The number of allylic oxidation sites excluding steroid dienone is 4. The second-order valence-corrected chi connectivity index (χ2v) is 11.4. The second-order valence-electron chi connectivity index (χ2n) is 11.4. The topological polar surface area (TPSA) is 0 Å². The zero-order valence-corrected chi connectivity index (χ0v) is 18.8. The molecule has 0 amide bonds. The van der Waals surface area contributed by atoms with Gasteiger partial charge in [-0.05, 0) is 85.4 Å². The smallest absolute Gasteiger partial charge is 0.00474 e. The van der Waals surface area contributed by atoms with Gasteiger partial charge in [0.15, 0.2) is 0 Å². The molecule has 0 spiro atoms. The monoisotopic (exact) mass is 368 g/mol. The molecule has 3 saturated carbocycles. The molecule has 0 heteroatoms. The average Bonchev–Trinajstić information content (AvgIpc) is 3.00. The van der Waals surface area contributed by atoms with E-state index in [-0.39, 0.29) is 0 Å². The van der Waals surface area contributed by atoms with Crippen LogP contribution in [0.2, 0.25) is 0 Å². The summed E-state index contributed by atoms with van der Waals surface area (Å²) in [7, 11) is 0. The molecule has 3 fully saturated rings. The van der Waals surface area contributed by atoms with Gasteiger partial charge in [0.2, 0.25) is 0 Å². The number of hydrogen-bond acceptors (Lipinski definition) is 0. The van der Waals surface area contributed by atoms with Crippen molar-refractivity contribution >= 4 is 0 Å². The van der Waals surface area contributed by atoms with Crippen molar-refractivity contribution in [2.45, 2.75) is 105 Å². The van der Waals surface area contributed by atoms with Gasteiger partial charge in [-0.2, -0.15) is 0 Å². The molecule has 152 valence electrons. The maximum absolute atomic E-state index is 2.69. The summed E-state index contributed by atoms with van der Waals surface area (Å²) in [6, 6.07) is 0. The molecule has 0 saturated heterocycles. The summed E-state index contributed by atoms with van der Waals surface area (Å²) >= 11 is 0. The predicted octanol–water partition coefficient (Wildman–Crippen LogP) is 8.34. The molecule has 4 aliphatic carbocycles. The van der Waals surface area contributed by atoms with Gasteiger partial charge in [-0.25, -0.2) is 0 Å². The SMILES string of the molecule is CCCCC[C@@H](C)C1CCC2C3=CC=C4CC(C)CC[C@]4(C)C3CC[C@@]21C. The maximum Gasteiger partial charge on any atom is -0.00474 e. The summed E-state index contributed by atoms with van der Waals surface area (Å²) in [4.78, 5) is 0. The van der Waals surface area contributed by atoms with Crippen molar-refractivity contribution in [3.63, 3.8) is 0 Å². The Labute approximate surface area is 169 Å². The highest BCUT2D eigenvalue weighted by molar-refractivity contribution is 5.38. The fourth-order valence-electron chi connectivity index (χ4n) is 8.08. The van der Waals surface area contributed by atoms with E-state index < -0.39 is 0 Å². The Balaban J connectivity index is 1.56. The largest absolute Gasteiger partial charge is 0.0654 e. The molecule has 0 aromatic heterocycles. The van der Waals surface area contributed by atoms with Crippen LogP contribution in [0.3, 0.4) is 0 Å². The highest BCUT2D eigenvalue weighted by atomic mass is 14.6. The molecule has 0 heterocycles. The third-order valence-corrected chi connectivity index (χ3v) is 9.84. The van der Waals surface area contributed by atoms with Gasteiger partial charge >= 0.3 is 0 Å². The van der Waals surface area contributed by atoms with Crippen LogP contribution in [0, 0.1) is 40.4 Å². The van der Waals surface area contributed by atoms with E-state index in [9.17, 15) is 0 Å². The molecule has 0 nitrogen and oxygen atoms in total. The van der Waals surface area contributed by atoms with Crippen molar-refractivity contribution in [3.05, 3.63) is 23.3 Å². The van der Waals surface area contributed by atoms with Gasteiger partial charge in [0.1, 0.15) is 0 Å². The fourth-order valence-corrected chi connectivity index (χ4v) is 8.08. The van der Waals surface area contributed by atoms with Crippen LogP contribution in [-0.2, 0) is 0 Å². The Morgan fingerprint density at radius 2 is 1.81 bits per heavy atom. The minimum absolute atomic E-state index is 0.489. The first-order valence-electron chi connectivity index (χ1n) is 12.3. The van der Waals surface area contributed by atoms with Crippen molar-refractivity contribution in [2.75, 3.05) is 0 Å². The zero-order chi connectivity index (χ0) is 19.2. The second kappa shape index (κ2) is 7.38. The molecule has 0 radical (unpaired) electrons. The van der Waals surface area contributed by atoms with Crippen LogP contribution >= 0.6 is 0 Å². The van der Waals surface area contributed by atoms with Crippen molar-refractivity contribution < 1.29 is 0 Å². The summed E-state index contributed by atoms with van der Waals surface area (Å²) in [5, 5.41) is 0. The molecule has 4 unspecified atom stereocenters. The average molecular weight is 369 g/mol. The number of fused-ring (bicyclic) bond motifs is 5. The van der Waals surface area contributed by atoms with Crippen LogP contribution in [0.1, 0.15) is 105 Å². The number of hydrogen-bond donors (Lipinski definition) is 0. The fraction of sp³-hybridized carbons (Fsp3) is 0.852. The molecule has 4 aliphatic rings. The first-order chi connectivity index (χ1) is 12.9. The van der Waals surface area contributed by atoms with Crippen LogP contribution in [0.15, 0.2) is 23.3 Å². The molecule has 0 aromatic rings. The van der Waals surface area contributed by atoms with Gasteiger partial charge in [0.05, 0.1) is 0 Å². The normalized spacial score (nSPS) is 44.6. The van der Waals surface area contributed by atoms with E-state index in [2.05, 4.69) is 46.8 Å². The minimum Gasteiger partial charge on any atom is -0.0654 e. The third-order valence-electron chi connectivity index (χ3n) is 9.84. The molecule has 0 aliphatic heterocycles. The van der Waals surface area contributed by atoms with Crippen molar-refractivity contribution in [1.82, 2.24) is 0 Å². The van der Waals surface area contributed by atoms with Crippen LogP contribution in [0.4, 0.5) is 0 Å². The van der Waals surface area contributed by atoms with E-state index in [1.807, 2.05) is 5.57 Å². The molecule has 4 rings (SSSR count). The van der Waals surface area contributed by atoms with Gasteiger partial charge < -0.3 is 0 Å². The van der Waals surface area contributed by atoms with Crippen LogP contribution in [0.5, 0.6) is 0 Å². The quantitative estimate of drug-likeness (QED) is 0.428. The number of unbranched alkanes of at least 4 members (excludes halogenated alkanes) is 2. The highest BCUT2D eigenvalue weighted by Gasteiger charge is 2.56. The molecular formula is C27H44. The summed E-state index contributed by atoms with van der Waals surface area (Å²) in [5.41, 5.74) is 4.74. The zero-order valence-electron chi connectivity index (χ0n) is 18.8. The Morgan fingerprint density at radius 1 is 1.00 bits per heavy atom. The highest BCUT2D eigenvalue weighted by Crippen LogP contribution is 2.66. The Morgan fingerprint density at radius 3 is 2.59 bits per heavy atom. The molecule has 0 aromatic carbocycles.